The van der Waals surface area contributed by atoms with Gasteiger partial charge in [-0.15, -0.1) is 0 Å². The van der Waals surface area contributed by atoms with Gasteiger partial charge in [0.05, 0.1) is 18.3 Å². The van der Waals surface area contributed by atoms with Crippen LogP contribution < -0.4 is 34.9 Å². The first-order valence-corrected chi connectivity index (χ1v) is 26.2. The number of nitrogens with zero attached hydrogens (tertiary/aromatic N) is 7. The molecule has 397 valence electrons. The van der Waals surface area contributed by atoms with E-state index in [1.807, 2.05) is 31.1 Å². The fraction of sp³-hybridized carbons (Fsp3) is 0.655. The first-order valence-electron chi connectivity index (χ1n) is 26.2. The zero-order chi connectivity index (χ0) is 48.6. The van der Waals surface area contributed by atoms with E-state index in [1.165, 1.54) is 16.7 Å². The minimum Gasteiger partial charge on any atom is -1.00 e. The predicted molar refractivity (Wildman–Crippen MR) is 295 cm³/mol. The topological polar surface area (TPSA) is 153 Å². The average Bonchev–Trinajstić information content (AvgIpc) is 4.18. The average molecular weight is 1020 g/mol. The number of likely N-dealkylation sites (tertiary alicyclic amines) is 5. The van der Waals surface area contributed by atoms with Gasteiger partial charge in [-0.1, -0.05) is 106 Å². The van der Waals surface area contributed by atoms with E-state index in [0.29, 0.717) is 42.7 Å². The van der Waals surface area contributed by atoms with Crippen molar-refractivity contribution < 1.29 is 61.1 Å². The summed E-state index contributed by atoms with van der Waals surface area (Å²) in [5.74, 6) is 1.62. The van der Waals surface area contributed by atoms with Gasteiger partial charge in [0.25, 0.3) is 0 Å². The van der Waals surface area contributed by atoms with Gasteiger partial charge in [0, 0.05) is 148 Å². The molecule has 11 atom stereocenters. The summed E-state index contributed by atoms with van der Waals surface area (Å²) in [4.78, 5) is 28.3. The summed E-state index contributed by atoms with van der Waals surface area (Å²) in [5, 5.41) is 53.1. The molecular formula is C55H91B3N8NaO6. The Morgan fingerprint density at radius 3 is 1.40 bits per heavy atom. The summed E-state index contributed by atoms with van der Waals surface area (Å²) < 4.78 is 0. The number of fused-ring (bicyclic) bond motifs is 4. The van der Waals surface area contributed by atoms with E-state index in [-0.39, 0.29) is 96.5 Å². The Hall–Kier alpha value is -2.00. The summed E-state index contributed by atoms with van der Waals surface area (Å²) in [5.41, 5.74) is 3.96. The molecule has 8 aliphatic rings. The molecule has 0 aromatic heterocycles. The molecular weight excluding hydrogens is 924 g/mol. The van der Waals surface area contributed by atoms with Crippen LogP contribution >= 0.6 is 0 Å². The molecule has 8 heterocycles. The van der Waals surface area contributed by atoms with E-state index in [0.717, 1.165) is 111 Å². The van der Waals surface area contributed by atoms with E-state index in [1.54, 1.807) is 6.82 Å². The summed E-state index contributed by atoms with van der Waals surface area (Å²) >= 11 is 0. The van der Waals surface area contributed by atoms with Gasteiger partial charge < -0.3 is 51.5 Å². The van der Waals surface area contributed by atoms with Crippen LogP contribution in [0.5, 0.6) is 0 Å². The van der Waals surface area contributed by atoms with Gasteiger partial charge >= 0.3 is 43.7 Å². The molecule has 18 heteroatoms. The third-order valence-electron chi connectivity index (χ3n) is 16.9. The van der Waals surface area contributed by atoms with Crippen LogP contribution in [0.2, 0.25) is 13.6 Å². The number of nitrogens with one attached hydrogen (secondary N) is 1. The number of rotatable bonds is 8. The fourth-order valence-electron chi connectivity index (χ4n) is 13.0. The van der Waals surface area contributed by atoms with Crippen LogP contribution in [0, 0.1) is 23.7 Å². The van der Waals surface area contributed by atoms with E-state index in [4.69, 9.17) is 0 Å². The number of hydrogen-bond donors (Lipinski definition) is 6. The number of carbonyl (C=O) groups excluding carboxylic acids is 1. The smallest absolute Gasteiger partial charge is 1.00 e. The molecule has 73 heavy (non-hydrogen) atoms. The molecule has 14 nitrogen and oxygen atoms in total. The number of benzene rings is 3. The van der Waals surface area contributed by atoms with E-state index in [9.17, 15) is 30.2 Å². The van der Waals surface area contributed by atoms with Crippen molar-refractivity contribution in [3.05, 3.63) is 108 Å². The summed E-state index contributed by atoms with van der Waals surface area (Å²) in [7, 11) is 3.45. The molecule has 8 saturated heterocycles. The first-order chi connectivity index (χ1) is 33.3. The normalized spacial score (nSPS) is 31.3. The maximum absolute atomic E-state index is 12.1. The van der Waals surface area contributed by atoms with Crippen LogP contribution in [-0.4, -0.2) is 223 Å². The number of aliphatic hydroxyl groups is 3. The number of Topliss-reactive ketones (excluding diaryl/α,β-unsaturated/α-hetero) is 1. The van der Waals surface area contributed by atoms with Gasteiger partial charge in [-0.25, -0.2) is 0 Å². The van der Waals surface area contributed by atoms with Crippen LogP contribution in [0.25, 0.3) is 0 Å². The first kappa shape index (κ1) is 63.5. The molecule has 3 radical (unpaired) electrons. The Bertz CT molecular complexity index is 2000. The summed E-state index contributed by atoms with van der Waals surface area (Å²) in [6.07, 6.45) is 2.82. The Balaban J connectivity index is 0.000000259. The molecule has 0 spiro atoms. The minimum absolute atomic E-state index is 0. The van der Waals surface area contributed by atoms with Crippen molar-refractivity contribution in [2.75, 3.05) is 92.6 Å². The molecule has 0 saturated carbocycles. The number of piperidine rings is 4. The zero-order valence-corrected chi connectivity index (χ0v) is 45.5. The molecule has 3 aromatic rings. The Morgan fingerprint density at radius 2 is 0.932 bits per heavy atom. The second kappa shape index (κ2) is 30.2. The summed E-state index contributed by atoms with van der Waals surface area (Å²) in [6, 6.07) is 33.0. The number of hydrogen-bond acceptors (Lipinski definition) is 14. The maximum atomic E-state index is 12.1. The molecule has 0 bridgehead atoms. The zero-order valence-electron chi connectivity index (χ0n) is 44.5. The fourth-order valence-corrected chi connectivity index (χ4v) is 13.0. The standard InChI is InChI=1S/C15H23BN2O2.C15H21BN2O2.C15H22N2O.C8H16N2O.2CH4.B.Na.H/c2*1-16(20)18-8-7-15(19)13-10-17(11-14(13)18)9-12-5-3-2-4-6-12;1-16-8-7-15(18)13-10-17(11-14(13)16)9-12-5-3-2-4-6-12;1-10-3-2-8(11)6-4-9-5-7(6)10;;;;;/h2-6,13-15,19-20H,7-11H2,1H3;2-6,13-14,20H,7-11H2,1H3;2-6,13-15,18H,7-11H2,1H3;6-9,11H,2-5H2,1H3;2*1H4;;;/q;;;;;;;+1;-1/t13-,14?,15?;13-,14?;13-,14?,15?;6-,7?,8?;;;;;/m1111...../s1. The third kappa shape index (κ3) is 16.5. The van der Waals surface area contributed by atoms with Crippen LogP contribution in [0.15, 0.2) is 91.0 Å². The third-order valence-corrected chi connectivity index (χ3v) is 16.9. The Morgan fingerprint density at radius 1 is 0.534 bits per heavy atom. The number of likely N-dealkylation sites (N-methyl/N-ethyl adjacent to an activating group) is 2. The molecule has 7 unspecified atom stereocenters. The maximum Gasteiger partial charge on any atom is 1.00 e. The molecule has 3 aromatic carbocycles. The van der Waals surface area contributed by atoms with Crippen LogP contribution in [0.3, 0.4) is 0 Å². The van der Waals surface area contributed by atoms with Gasteiger partial charge in [-0.3, -0.25) is 19.5 Å². The van der Waals surface area contributed by atoms with E-state index < -0.39 is 14.1 Å². The monoisotopic (exact) mass is 1020 g/mol. The molecule has 11 rings (SSSR count). The molecule has 8 fully saturated rings. The van der Waals surface area contributed by atoms with Gasteiger partial charge in [0.15, 0.2) is 0 Å². The largest absolute Gasteiger partial charge is 1.00 e. The second-order valence-corrected chi connectivity index (χ2v) is 21.5. The number of aliphatic hydroxyl groups excluding tert-OH is 3. The molecule has 0 aliphatic carbocycles. The van der Waals surface area contributed by atoms with E-state index in [2.05, 4.69) is 120 Å². The van der Waals surface area contributed by atoms with Crippen molar-refractivity contribution in [3.8, 4) is 0 Å². The van der Waals surface area contributed by atoms with Crippen molar-refractivity contribution in [1.82, 2.24) is 39.4 Å². The van der Waals surface area contributed by atoms with Gasteiger partial charge in [-0.05, 0) is 76.8 Å². The molecule has 6 N–H and O–H groups in total. The number of ketones is 1. The summed E-state index contributed by atoms with van der Waals surface area (Å²) in [6.45, 7) is 17.7. The van der Waals surface area contributed by atoms with Crippen molar-refractivity contribution in [2.24, 2.45) is 23.7 Å². The quantitative estimate of drug-likeness (QED) is 0.168. The van der Waals surface area contributed by atoms with Crippen molar-refractivity contribution in [2.45, 2.75) is 116 Å². The van der Waals surface area contributed by atoms with Gasteiger partial charge in [0.1, 0.15) is 5.78 Å². The van der Waals surface area contributed by atoms with Crippen LogP contribution in [0.1, 0.15) is 58.7 Å². The van der Waals surface area contributed by atoms with E-state index >= 15 is 0 Å². The Labute approximate surface area is 466 Å². The van der Waals surface area contributed by atoms with Crippen LogP contribution in [0.4, 0.5) is 0 Å². The molecule has 0 amide bonds. The molecule has 8 aliphatic heterocycles. The van der Waals surface area contributed by atoms with Crippen LogP contribution in [-0.2, 0) is 24.4 Å². The van der Waals surface area contributed by atoms with Crippen molar-refractivity contribution in [1.29, 1.82) is 0 Å². The number of carbonyl (C=O) groups is 1. The predicted octanol–water partition coefficient (Wildman–Crippen LogP) is -0.00190. The van der Waals surface area contributed by atoms with Gasteiger partial charge in [-0.2, -0.15) is 0 Å². The minimum atomic E-state index is -0.465. The second-order valence-electron chi connectivity index (χ2n) is 21.5. The Kier molecular flexibility index (Phi) is 26.3. The van der Waals surface area contributed by atoms with Gasteiger partial charge in [0.2, 0.25) is 0 Å². The van der Waals surface area contributed by atoms with Crippen molar-refractivity contribution >= 4 is 28.3 Å². The van der Waals surface area contributed by atoms with Crippen molar-refractivity contribution in [3.63, 3.8) is 0 Å². The SMILES string of the molecule is C.C.CB(O)N1CCC(=O)[C@@H]2CN(Cc3ccccc3)CC21.CB(O)N1CCC(O)[C@@H]2CN(Cc3ccccc3)CC21.CN1CCC(O)[C@@H]2CN(Cc3ccccc3)CC21.CN1CCC(O)[C@@H]2CNCC21.[B].[H-].[Na+].